The molecule has 1 fully saturated rings. The molecule has 0 heterocycles. The second-order valence-electron chi connectivity index (χ2n) is 4.11. The van der Waals surface area contributed by atoms with E-state index in [4.69, 9.17) is 9.47 Å². The van der Waals surface area contributed by atoms with E-state index < -0.39 is 23.3 Å². The molecule has 0 N–H and O–H groups in total. The molecule has 0 amide bonds. The highest BCUT2D eigenvalue weighted by Crippen LogP contribution is 2.20. The third kappa shape index (κ3) is 5.29. The van der Waals surface area contributed by atoms with E-state index in [0.29, 0.717) is 0 Å². The largest absolute Gasteiger partial charge is 0.463 e. The summed E-state index contributed by atoms with van der Waals surface area (Å²) < 4.78 is 9.52. The van der Waals surface area contributed by atoms with Crippen LogP contribution in [0.4, 0.5) is 0 Å². The Morgan fingerprint density at radius 3 is 1.78 bits per heavy atom. The summed E-state index contributed by atoms with van der Waals surface area (Å²) in [6.07, 6.45) is 4.57. The minimum absolute atomic E-state index is 0.0702. The predicted molar refractivity (Wildman–Crippen MR) is 66.0 cm³/mol. The third-order valence-electron chi connectivity index (χ3n) is 2.34. The molecular formula is C13H22O5. The number of rotatable bonds is 5. The maximum atomic E-state index is 11.6. The lowest BCUT2D eigenvalue weighted by atomic mass is 9.96. The van der Waals surface area contributed by atoms with Crippen LogP contribution in [0.15, 0.2) is 0 Å². The van der Waals surface area contributed by atoms with E-state index >= 15 is 0 Å². The highest BCUT2D eigenvalue weighted by molar-refractivity contribution is 6.07. The molecule has 1 rings (SSSR count). The molecule has 104 valence electrons. The molecule has 5 nitrogen and oxygen atoms in total. The lowest BCUT2D eigenvalue weighted by molar-refractivity contribution is -0.184. The zero-order chi connectivity index (χ0) is 14.2. The van der Waals surface area contributed by atoms with Gasteiger partial charge in [-0.3, -0.25) is 9.59 Å². The first kappa shape index (κ1) is 16.6. The summed E-state index contributed by atoms with van der Waals surface area (Å²) in [6.45, 7) is 5.68. The van der Waals surface area contributed by atoms with Gasteiger partial charge in [0.25, 0.3) is 5.60 Å². The summed E-state index contributed by atoms with van der Waals surface area (Å²) in [7, 11) is 0. The van der Waals surface area contributed by atoms with E-state index in [1.165, 1.54) is 26.2 Å². The first-order chi connectivity index (χ1) is 8.40. The molecule has 1 unspecified atom stereocenters. The Hall–Kier alpha value is -1.39. The van der Waals surface area contributed by atoms with E-state index in [1.807, 2.05) is 0 Å². The van der Waals surface area contributed by atoms with E-state index in [1.54, 1.807) is 13.8 Å². The van der Waals surface area contributed by atoms with Gasteiger partial charge in [0, 0.05) is 13.3 Å². The SMILES string of the molecule is C1CC1.CCOC(=O)C(CC)(OC(C)=O)C(C)=O. The summed E-state index contributed by atoms with van der Waals surface area (Å²) in [5.74, 6) is -2.02. The number of carbonyl (C=O) groups excluding carboxylic acids is 3. The Morgan fingerprint density at radius 1 is 1.06 bits per heavy atom. The van der Waals surface area contributed by atoms with E-state index in [-0.39, 0.29) is 13.0 Å². The molecule has 1 aliphatic rings. The van der Waals surface area contributed by atoms with E-state index in [2.05, 4.69) is 0 Å². The van der Waals surface area contributed by atoms with Gasteiger partial charge in [0.05, 0.1) is 6.61 Å². The fraction of sp³-hybridized carbons (Fsp3) is 0.769. The van der Waals surface area contributed by atoms with Gasteiger partial charge in [-0.15, -0.1) is 0 Å². The molecule has 1 atom stereocenters. The van der Waals surface area contributed by atoms with Crippen LogP contribution in [0.5, 0.6) is 0 Å². The highest BCUT2D eigenvalue weighted by atomic mass is 16.6. The minimum Gasteiger partial charge on any atom is -0.463 e. The van der Waals surface area contributed by atoms with Crippen LogP contribution in [0.25, 0.3) is 0 Å². The van der Waals surface area contributed by atoms with Gasteiger partial charge in [0.15, 0.2) is 5.78 Å². The molecule has 0 aromatic rings. The first-order valence-corrected chi connectivity index (χ1v) is 6.28. The van der Waals surface area contributed by atoms with Crippen LogP contribution in [-0.2, 0) is 23.9 Å². The minimum atomic E-state index is -1.78. The number of hydrogen-bond acceptors (Lipinski definition) is 5. The van der Waals surface area contributed by atoms with Gasteiger partial charge in [-0.25, -0.2) is 4.79 Å². The van der Waals surface area contributed by atoms with Crippen LogP contribution < -0.4 is 0 Å². The number of ketones is 1. The van der Waals surface area contributed by atoms with Gasteiger partial charge in [-0.05, 0) is 13.8 Å². The zero-order valence-corrected chi connectivity index (χ0v) is 11.6. The van der Waals surface area contributed by atoms with Gasteiger partial charge in [0.2, 0.25) is 0 Å². The molecule has 0 aromatic heterocycles. The monoisotopic (exact) mass is 258 g/mol. The van der Waals surface area contributed by atoms with Gasteiger partial charge < -0.3 is 9.47 Å². The van der Waals surface area contributed by atoms with Crippen molar-refractivity contribution in [2.45, 2.75) is 59.0 Å². The van der Waals surface area contributed by atoms with Gasteiger partial charge >= 0.3 is 11.9 Å². The predicted octanol–water partition coefficient (Wildman–Crippen LogP) is 2.02. The Bertz CT molecular complexity index is 306. The van der Waals surface area contributed by atoms with Crippen molar-refractivity contribution in [2.24, 2.45) is 0 Å². The van der Waals surface area contributed by atoms with Crippen molar-refractivity contribution >= 4 is 17.7 Å². The summed E-state index contributed by atoms with van der Waals surface area (Å²) in [6, 6.07) is 0. The second-order valence-corrected chi connectivity index (χ2v) is 4.11. The van der Waals surface area contributed by atoms with Crippen LogP contribution in [0, 0.1) is 0 Å². The molecule has 18 heavy (non-hydrogen) atoms. The normalized spacial score (nSPS) is 15.6. The Labute approximate surface area is 108 Å². The summed E-state index contributed by atoms with van der Waals surface area (Å²) in [5.41, 5.74) is -1.78. The van der Waals surface area contributed by atoms with E-state index in [0.717, 1.165) is 6.92 Å². The van der Waals surface area contributed by atoms with Crippen LogP contribution in [0.3, 0.4) is 0 Å². The lowest BCUT2D eigenvalue weighted by Crippen LogP contribution is -2.49. The topological polar surface area (TPSA) is 69.7 Å². The maximum Gasteiger partial charge on any atom is 0.358 e. The standard InChI is InChI=1S/C10H16O5.C3H6/c1-5-10(7(3)11,15-8(4)12)9(13)14-6-2;1-2-3-1/h5-6H2,1-4H3;1-3H2. The van der Waals surface area contributed by atoms with Crippen molar-refractivity contribution < 1.29 is 23.9 Å². The van der Waals surface area contributed by atoms with Crippen LogP contribution in [0.2, 0.25) is 0 Å². The molecule has 0 bridgehead atoms. The molecule has 0 radical (unpaired) electrons. The average molecular weight is 258 g/mol. The molecular weight excluding hydrogens is 236 g/mol. The number of esters is 2. The average Bonchev–Trinajstić information content (AvgIpc) is 3.12. The zero-order valence-electron chi connectivity index (χ0n) is 11.6. The van der Waals surface area contributed by atoms with E-state index in [9.17, 15) is 14.4 Å². The van der Waals surface area contributed by atoms with Crippen molar-refractivity contribution in [3.05, 3.63) is 0 Å². The number of hydrogen-bond donors (Lipinski definition) is 0. The first-order valence-electron chi connectivity index (χ1n) is 6.28. The van der Waals surface area contributed by atoms with Gasteiger partial charge in [-0.2, -0.15) is 0 Å². The second kappa shape index (κ2) is 7.84. The molecule has 0 aliphatic heterocycles. The molecule has 0 saturated heterocycles. The van der Waals surface area contributed by atoms with Crippen molar-refractivity contribution in [3.8, 4) is 0 Å². The maximum absolute atomic E-state index is 11.6. The number of ether oxygens (including phenoxy) is 2. The fourth-order valence-corrected chi connectivity index (χ4v) is 1.22. The summed E-state index contributed by atoms with van der Waals surface area (Å²) >= 11 is 0. The fourth-order valence-electron chi connectivity index (χ4n) is 1.22. The quantitative estimate of drug-likeness (QED) is 0.557. The molecule has 5 heteroatoms. The lowest BCUT2D eigenvalue weighted by Gasteiger charge is -2.26. The number of carbonyl (C=O) groups is 3. The molecule has 1 aliphatic carbocycles. The Balaban J connectivity index is 0.000000827. The third-order valence-corrected chi connectivity index (χ3v) is 2.34. The highest BCUT2D eigenvalue weighted by Gasteiger charge is 2.46. The smallest absolute Gasteiger partial charge is 0.358 e. The summed E-state index contributed by atoms with van der Waals surface area (Å²) in [5, 5.41) is 0. The van der Waals surface area contributed by atoms with Gasteiger partial charge in [-0.1, -0.05) is 26.2 Å². The van der Waals surface area contributed by atoms with Crippen LogP contribution in [-0.4, -0.2) is 29.9 Å². The molecule has 0 aromatic carbocycles. The van der Waals surface area contributed by atoms with Crippen LogP contribution in [0.1, 0.15) is 53.4 Å². The molecule has 0 spiro atoms. The van der Waals surface area contributed by atoms with Crippen molar-refractivity contribution in [3.63, 3.8) is 0 Å². The van der Waals surface area contributed by atoms with Crippen molar-refractivity contribution in [2.75, 3.05) is 6.61 Å². The Kier molecular flexibility index (Phi) is 7.24. The van der Waals surface area contributed by atoms with Crippen molar-refractivity contribution in [1.29, 1.82) is 0 Å². The number of Topliss-reactive ketones (excluding diaryl/α,β-unsaturated/α-hetero) is 1. The van der Waals surface area contributed by atoms with Crippen LogP contribution >= 0.6 is 0 Å². The summed E-state index contributed by atoms with van der Waals surface area (Å²) in [4.78, 5) is 33.8. The molecule has 1 saturated carbocycles. The Morgan fingerprint density at radius 2 is 1.56 bits per heavy atom. The van der Waals surface area contributed by atoms with Crippen molar-refractivity contribution in [1.82, 2.24) is 0 Å². The van der Waals surface area contributed by atoms with Gasteiger partial charge in [0.1, 0.15) is 0 Å².